The summed E-state index contributed by atoms with van der Waals surface area (Å²) in [5.74, 6) is -0.367. The highest BCUT2D eigenvalue weighted by Gasteiger charge is 2.13. The molecular weight excluding hydrogens is 532 g/mol. The summed E-state index contributed by atoms with van der Waals surface area (Å²) in [5.41, 5.74) is 0.515. The average Bonchev–Trinajstić information content (AvgIpc) is 2.96. The SMILES string of the molecule is O=C(OCCOCCOCCOCCOCCOCCOCCOS(=O)(=O)c1ccccc1)c1ccccc1. The molecular formula is C27H38O11S. The molecule has 0 bridgehead atoms. The lowest BCUT2D eigenvalue weighted by atomic mass is 10.2. The Morgan fingerprint density at radius 3 is 1.28 bits per heavy atom. The summed E-state index contributed by atoms with van der Waals surface area (Å²) < 4.78 is 66.2. The third kappa shape index (κ3) is 16.3. The molecule has 0 aliphatic carbocycles. The Kier molecular flexibility index (Phi) is 18.0. The van der Waals surface area contributed by atoms with E-state index in [1.165, 1.54) is 12.1 Å². The van der Waals surface area contributed by atoms with Crippen LogP contribution in [-0.4, -0.2) is 107 Å². The minimum Gasteiger partial charge on any atom is -0.460 e. The zero-order valence-corrected chi connectivity index (χ0v) is 22.9. The van der Waals surface area contributed by atoms with Crippen LogP contribution in [0.2, 0.25) is 0 Å². The van der Waals surface area contributed by atoms with Crippen LogP contribution < -0.4 is 0 Å². The fourth-order valence-electron chi connectivity index (χ4n) is 2.91. The molecule has 0 spiro atoms. The van der Waals surface area contributed by atoms with Crippen LogP contribution in [0.15, 0.2) is 65.6 Å². The van der Waals surface area contributed by atoms with Crippen molar-refractivity contribution in [2.24, 2.45) is 0 Å². The van der Waals surface area contributed by atoms with Crippen LogP contribution in [0.1, 0.15) is 10.4 Å². The lowest BCUT2D eigenvalue weighted by molar-refractivity contribution is -0.0201. The number of benzene rings is 2. The number of hydrogen-bond donors (Lipinski definition) is 0. The van der Waals surface area contributed by atoms with Gasteiger partial charge in [0.25, 0.3) is 10.1 Å². The topological polar surface area (TPSA) is 125 Å². The van der Waals surface area contributed by atoms with Gasteiger partial charge in [-0.25, -0.2) is 4.79 Å². The van der Waals surface area contributed by atoms with E-state index in [1.54, 1.807) is 42.5 Å². The molecule has 0 unspecified atom stereocenters. The van der Waals surface area contributed by atoms with Crippen molar-refractivity contribution < 1.29 is 50.6 Å². The fourth-order valence-corrected chi connectivity index (χ4v) is 3.82. The lowest BCUT2D eigenvalue weighted by Gasteiger charge is -2.09. The second-order valence-corrected chi connectivity index (χ2v) is 9.38. The van der Waals surface area contributed by atoms with Crippen molar-refractivity contribution >= 4 is 16.1 Å². The van der Waals surface area contributed by atoms with Crippen molar-refractivity contribution in [3.05, 3.63) is 66.2 Å². The molecule has 0 aliphatic rings. The summed E-state index contributed by atoms with van der Waals surface area (Å²) in [4.78, 5) is 11.9. The minimum atomic E-state index is -3.76. The van der Waals surface area contributed by atoms with E-state index < -0.39 is 10.1 Å². The van der Waals surface area contributed by atoms with Crippen LogP contribution in [0.3, 0.4) is 0 Å². The van der Waals surface area contributed by atoms with Gasteiger partial charge in [0, 0.05) is 0 Å². The Balaban J connectivity index is 1.24. The average molecular weight is 571 g/mol. The molecule has 12 heteroatoms. The fraction of sp³-hybridized carbons (Fsp3) is 0.519. The number of hydrogen-bond acceptors (Lipinski definition) is 11. The van der Waals surface area contributed by atoms with Crippen molar-refractivity contribution in [2.75, 3.05) is 92.5 Å². The molecule has 2 aromatic carbocycles. The molecule has 11 nitrogen and oxygen atoms in total. The first-order valence-electron chi connectivity index (χ1n) is 12.7. The molecule has 0 atom stereocenters. The van der Waals surface area contributed by atoms with Gasteiger partial charge in [-0.2, -0.15) is 8.42 Å². The zero-order chi connectivity index (χ0) is 27.9. The van der Waals surface area contributed by atoms with Gasteiger partial charge in [-0.1, -0.05) is 36.4 Å². The van der Waals surface area contributed by atoms with Gasteiger partial charge in [-0.15, -0.1) is 0 Å². The van der Waals surface area contributed by atoms with Gasteiger partial charge in [0.15, 0.2) is 0 Å². The minimum absolute atomic E-state index is 0.0622. The summed E-state index contributed by atoms with van der Waals surface area (Å²) in [7, 11) is -3.76. The first kappa shape index (κ1) is 32.8. The smallest absolute Gasteiger partial charge is 0.338 e. The van der Waals surface area contributed by atoms with E-state index in [2.05, 4.69) is 0 Å². The summed E-state index contributed by atoms with van der Waals surface area (Å²) in [6.07, 6.45) is 0. The number of esters is 1. The standard InChI is InChI=1S/C27H38O11S/c28-27(25-7-3-1-4-8-25)37-23-21-35-19-17-33-15-13-31-11-12-32-14-16-34-18-20-36-22-24-38-39(29,30)26-9-5-2-6-10-26/h1-10H,11-24H2. The van der Waals surface area contributed by atoms with Gasteiger partial charge in [0.2, 0.25) is 0 Å². The van der Waals surface area contributed by atoms with Crippen LogP contribution in [0.5, 0.6) is 0 Å². The van der Waals surface area contributed by atoms with Gasteiger partial charge in [0.1, 0.15) is 6.61 Å². The van der Waals surface area contributed by atoms with E-state index in [0.29, 0.717) is 78.2 Å². The summed E-state index contributed by atoms with van der Waals surface area (Å²) in [6, 6.07) is 16.8. The van der Waals surface area contributed by atoms with Crippen molar-refractivity contribution in [2.45, 2.75) is 4.90 Å². The van der Waals surface area contributed by atoms with Crippen molar-refractivity contribution in [3.8, 4) is 0 Å². The van der Waals surface area contributed by atoms with Gasteiger partial charge >= 0.3 is 5.97 Å². The van der Waals surface area contributed by atoms with E-state index in [0.717, 1.165) is 0 Å². The summed E-state index contributed by atoms with van der Waals surface area (Å²) in [5, 5.41) is 0. The lowest BCUT2D eigenvalue weighted by Crippen LogP contribution is -2.15. The first-order valence-corrected chi connectivity index (χ1v) is 14.1. The quantitative estimate of drug-likeness (QED) is 0.105. The van der Waals surface area contributed by atoms with E-state index in [1.807, 2.05) is 6.07 Å². The Bertz CT molecular complexity index is 972. The monoisotopic (exact) mass is 570 g/mol. The molecule has 2 aromatic rings. The van der Waals surface area contributed by atoms with Crippen LogP contribution in [0.25, 0.3) is 0 Å². The third-order valence-corrected chi connectivity index (χ3v) is 6.15. The molecule has 0 amide bonds. The van der Waals surface area contributed by atoms with E-state index >= 15 is 0 Å². The number of carbonyl (C=O) groups is 1. The zero-order valence-electron chi connectivity index (χ0n) is 22.1. The Labute approximate surface area is 230 Å². The summed E-state index contributed by atoms with van der Waals surface area (Å²) >= 11 is 0. The Morgan fingerprint density at radius 2 is 0.846 bits per heavy atom. The highest BCUT2D eigenvalue weighted by Crippen LogP contribution is 2.10. The molecule has 2 rings (SSSR count). The number of carbonyl (C=O) groups excluding carboxylic acids is 1. The maximum absolute atomic E-state index is 11.9. The largest absolute Gasteiger partial charge is 0.460 e. The van der Waals surface area contributed by atoms with E-state index in [4.69, 9.17) is 37.3 Å². The second-order valence-electron chi connectivity index (χ2n) is 7.77. The van der Waals surface area contributed by atoms with Gasteiger partial charge < -0.3 is 33.2 Å². The van der Waals surface area contributed by atoms with Gasteiger partial charge in [-0.3, -0.25) is 4.18 Å². The molecule has 0 radical (unpaired) electrons. The maximum atomic E-state index is 11.9. The molecule has 0 aliphatic heterocycles. The normalized spacial score (nSPS) is 11.5. The number of ether oxygens (including phenoxy) is 7. The Hall–Kier alpha value is -2.42. The highest BCUT2D eigenvalue weighted by atomic mass is 32.2. The second kappa shape index (κ2) is 21.4. The molecule has 0 N–H and O–H groups in total. The predicted molar refractivity (Wildman–Crippen MR) is 141 cm³/mol. The third-order valence-electron chi connectivity index (χ3n) is 4.83. The molecule has 39 heavy (non-hydrogen) atoms. The van der Waals surface area contributed by atoms with Crippen molar-refractivity contribution in [3.63, 3.8) is 0 Å². The van der Waals surface area contributed by atoms with Crippen LogP contribution in [0, 0.1) is 0 Å². The van der Waals surface area contributed by atoms with Crippen LogP contribution >= 0.6 is 0 Å². The van der Waals surface area contributed by atoms with E-state index in [-0.39, 0.29) is 30.7 Å². The molecule has 0 saturated carbocycles. The molecule has 0 aromatic heterocycles. The molecule has 0 heterocycles. The molecule has 0 fully saturated rings. The van der Waals surface area contributed by atoms with E-state index in [9.17, 15) is 13.2 Å². The first-order chi connectivity index (χ1) is 19.1. The Morgan fingerprint density at radius 1 is 0.487 bits per heavy atom. The van der Waals surface area contributed by atoms with Crippen molar-refractivity contribution in [1.82, 2.24) is 0 Å². The maximum Gasteiger partial charge on any atom is 0.338 e. The van der Waals surface area contributed by atoms with Gasteiger partial charge in [-0.05, 0) is 24.3 Å². The van der Waals surface area contributed by atoms with Crippen LogP contribution in [0.4, 0.5) is 0 Å². The molecule has 0 saturated heterocycles. The van der Waals surface area contributed by atoms with Crippen molar-refractivity contribution in [1.29, 1.82) is 0 Å². The van der Waals surface area contributed by atoms with Crippen LogP contribution in [-0.2, 0) is 47.5 Å². The van der Waals surface area contributed by atoms with Gasteiger partial charge in [0.05, 0.1) is 96.3 Å². The number of rotatable bonds is 24. The highest BCUT2D eigenvalue weighted by molar-refractivity contribution is 7.86. The summed E-state index contributed by atoms with van der Waals surface area (Å²) in [6.45, 7) is 4.72. The predicted octanol–water partition coefficient (Wildman–Crippen LogP) is 2.35. The molecule has 218 valence electrons.